The van der Waals surface area contributed by atoms with E-state index in [9.17, 15) is 14.7 Å². The summed E-state index contributed by atoms with van der Waals surface area (Å²) in [6.45, 7) is 1.47. The van der Waals surface area contributed by atoms with Crippen molar-refractivity contribution >= 4 is 23.4 Å². The van der Waals surface area contributed by atoms with Gasteiger partial charge in [-0.3, -0.25) is 9.59 Å². The highest BCUT2D eigenvalue weighted by Crippen LogP contribution is 2.21. The van der Waals surface area contributed by atoms with Gasteiger partial charge in [-0.05, 0) is 19.1 Å². The molecule has 1 aromatic heterocycles. The van der Waals surface area contributed by atoms with Crippen LogP contribution < -0.4 is 10.6 Å². The van der Waals surface area contributed by atoms with E-state index in [1.807, 2.05) is 0 Å². The normalized spacial score (nSPS) is 11.8. The second-order valence-electron chi connectivity index (χ2n) is 4.91. The van der Waals surface area contributed by atoms with Crippen LogP contribution in [0, 0.1) is 6.92 Å². The maximum Gasteiger partial charge on any atom is 0.255 e. The van der Waals surface area contributed by atoms with Gasteiger partial charge in [0.25, 0.3) is 5.91 Å². The fourth-order valence-electron chi connectivity index (χ4n) is 2.00. The number of halogens is 1. The summed E-state index contributed by atoms with van der Waals surface area (Å²) >= 11 is 5.97. The molecule has 0 spiro atoms. The number of rotatable bonds is 6. The Labute approximate surface area is 138 Å². The van der Waals surface area contributed by atoms with Crippen molar-refractivity contribution in [1.82, 2.24) is 10.6 Å². The average molecular weight is 337 g/mol. The Morgan fingerprint density at radius 3 is 2.65 bits per heavy atom. The first-order valence-corrected chi connectivity index (χ1v) is 7.38. The van der Waals surface area contributed by atoms with Crippen LogP contribution in [0.4, 0.5) is 0 Å². The highest BCUT2D eigenvalue weighted by Gasteiger charge is 2.14. The summed E-state index contributed by atoms with van der Waals surface area (Å²) in [5.74, 6) is -0.319. The Kier molecular flexibility index (Phi) is 5.78. The molecular formula is C16H17ClN2O4. The van der Waals surface area contributed by atoms with E-state index in [1.165, 1.54) is 12.3 Å². The zero-order valence-electron chi connectivity index (χ0n) is 12.5. The average Bonchev–Trinajstić information content (AvgIpc) is 2.97. The molecule has 1 aromatic carbocycles. The highest BCUT2D eigenvalue weighted by atomic mass is 35.5. The van der Waals surface area contributed by atoms with Crippen LogP contribution in [-0.2, 0) is 4.79 Å². The van der Waals surface area contributed by atoms with Gasteiger partial charge in [-0.15, -0.1) is 0 Å². The van der Waals surface area contributed by atoms with Crippen LogP contribution >= 0.6 is 11.6 Å². The molecule has 0 fully saturated rings. The number of amides is 2. The second-order valence-corrected chi connectivity index (χ2v) is 5.32. The van der Waals surface area contributed by atoms with Gasteiger partial charge in [0.15, 0.2) is 0 Å². The van der Waals surface area contributed by atoms with E-state index in [4.69, 9.17) is 16.0 Å². The summed E-state index contributed by atoms with van der Waals surface area (Å²) in [6.07, 6.45) is 0.490. The number of aliphatic hydroxyl groups excluding tert-OH is 1. The van der Waals surface area contributed by atoms with Gasteiger partial charge in [0.1, 0.15) is 5.76 Å². The van der Waals surface area contributed by atoms with E-state index in [1.54, 1.807) is 31.2 Å². The molecule has 0 aliphatic heterocycles. The van der Waals surface area contributed by atoms with Gasteiger partial charge < -0.3 is 20.2 Å². The molecule has 2 rings (SSSR count). The number of carbonyl (C=O) groups is 2. The summed E-state index contributed by atoms with van der Waals surface area (Å²) in [6, 6.07) is 8.38. The Balaban J connectivity index is 1.78. The van der Waals surface area contributed by atoms with Crippen molar-refractivity contribution in [3.8, 4) is 0 Å². The molecular weight excluding hydrogens is 320 g/mol. The molecule has 0 saturated heterocycles. The summed E-state index contributed by atoms with van der Waals surface area (Å²) in [5, 5.41) is 15.5. The first kappa shape index (κ1) is 17.1. The molecule has 1 unspecified atom stereocenters. The van der Waals surface area contributed by atoms with Gasteiger partial charge in [0.2, 0.25) is 5.91 Å². The first-order valence-electron chi connectivity index (χ1n) is 7.00. The number of hydrogen-bond donors (Lipinski definition) is 3. The minimum atomic E-state index is -0.917. The van der Waals surface area contributed by atoms with Gasteiger partial charge in [-0.1, -0.05) is 29.8 Å². The first-order chi connectivity index (χ1) is 11.0. The van der Waals surface area contributed by atoms with Crippen molar-refractivity contribution < 1.29 is 19.1 Å². The summed E-state index contributed by atoms with van der Waals surface area (Å²) in [4.78, 5) is 23.5. The predicted octanol–water partition coefficient (Wildman–Crippen LogP) is 1.82. The smallest absolute Gasteiger partial charge is 0.255 e. The van der Waals surface area contributed by atoms with Crippen molar-refractivity contribution in [2.75, 3.05) is 13.1 Å². The number of carbonyl (C=O) groups excluding carboxylic acids is 2. The number of aliphatic hydroxyl groups is 1. The monoisotopic (exact) mass is 336 g/mol. The third kappa shape index (κ3) is 4.58. The fraction of sp³-hybridized carbons (Fsp3) is 0.250. The Bertz CT molecular complexity index is 699. The fourth-order valence-corrected chi connectivity index (χ4v) is 2.27. The molecule has 7 heteroatoms. The molecule has 23 heavy (non-hydrogen) atoms. The van der Waals surface area contributed by atoms with Crippen molar-refractivity contribution in [2.45, 2.75) is 13.0 Å². The lowest BCUT2D eigenvalue weighted by Gasteiger charge is -2.13. The van der Waals surface area contributed by atoms with Gasteiger partial charge >= 0.3 is 0 Å². The lowest BCUT2D eigenvalue weighted by atomic mass is 10.1. The minimum absolute atomic E-state index is 0.00315. The van der Waals surface area contributed by atoms with E-state index >= 15 is 0 Å². The molecule has 2 aromatic rings. The van der Waals surface area contributed by atoms with Crippen molar-refractivity contribution in [3.05, 3.63) is 58.5 Å². The lowest BCUT2D eigenvalue weighted by molar-refractivity contribution is -0.120. The number of hydrogen-bond acceptors (Lipinski definition) is 4. The SMILES string of the molecule is Cc1occc1C(=O)NCC(=O)NCC(O)c1ccccc1Cl. The third-order valence-electron chi connectivity index (χ3n) is 3.27. The summed E-state index contributed by atoms with van der Waals surface area (Å²) < 4.78 is 5.02. The van der Waals surface area contributed by atoms with Crippen LogP contribution in [0.2, 0.25) is 5.02 Å². The van der Waals surface area contributed by atoms with Crippen molar-refractivity contribution in [2.24, 2.45) is 0 Å². The molecule has 1 atom stereocenters. The Morgan fingerprint density at radius 1 is 1.26 bits per heavy atom. The number of aryl methyl sites for hydroxylation is 1. The van der Waals surface area contributed by atoms with Crippen LogP contribution in [-0.4, -0.2) is 30.0 Å². The van der Waals surface area contributed by atoms with E-state index in [-0.39, 0.29) is 13.1 Å². The standard InChI is InChI=1S/C16H17ClN2O4/c1-10-11(6-7-23-10)16(22)19-9-15(21)18-8-14(20)12-4-2-3-5-13(12)17/h2-7,14,20H,8-9H2,1H3,(H,18,21)(H,19,22). The van der Waals surface area contributed by atoms with E-state index in [2.05, 4.69) is 10.6 Å². The molecule has 0 bridgehead atoms. The minimum Gasteiger partial charge on any atom is -0.469 e. The maximum absolute atomic E-state index is 11.8. The topological polar surface area (TPSA) is 91.6 Å². The molecule has 122 valence electrons. The van der Waals surface area contributed by atoms with E-state index < -0.39 is 17.9 Å². The van der Waals surface area contributed by atoms with Gasteiger partial charge in [-0.25, -0.2) is 0 Å². The second kappa shape index (κ2) is 7.80. The Morgan fingerprint density at radius 2 is 2.00 bits per heavy atom. The molecule has 0 aliphatic carbocycles. The summed E-state index contributed by atoms with van der Waals surface area (Å²) in [5.41, 5.74) is 0.918. The van der Waals surface area contributed by atoms with Gasteiger partial charge in [0, 0.05) is 17.1 Å². The largest absolute Gasteiger partial charge is 0.469 e. The molecule has 6 nitrogen and oxygen atoms in total. The van der Waals surface area contributed by atoms with Crippen molar-refractivity contribution in [3.63, 3.8) is 0 Å². The lowest BCUT2D eigenvalue weighted by Crippen LogP contribution is -2.38. The van der Waals surface area contributed by atoms with Gasteiger partial charge in [-0.2, -0.15) is 0 Å². The van der Waals surface area contributed by atoms with Gasteiger partial charge in [0.05, 0.1) is 24.5 Å². The third-order valence-corrected chi connectivity index (χ3v) is 3.61. The van der Waals surface area contributed by atoms with E-state index in [0.717, 1.165) is 0 Å². The van der Waals surface area contributed by atoms with Crippen LogP contribution in [0.25, 0.3) is 0 Å². The van der Waals surface area contributed by atoms with Crippen LogP contribution in [0.1, 0.15) is 27.8 Å². The zero-order valence-corrected chi connectivity index (χ0v) is 13.3. The summed E-state index contributed by atoms with van der Waals surface area (Å²) in [7, 11) is 0. The van der Waals surface area contributed by atoms with Crippen LogP contribution in [0.5, 0.6) is 0 Å². The molecule has 0 radical (unpaired) electrons. The van der Waals surface area contributed by atoms with Crippen LogP contribution in [0.15, 0.2) is 41.0 Å². The molecule has 0 aliphatic rings. The van der Waals surface area contributed by atoms with Crippen LogP contribution in [0.3, 0.4) is 0 Å². The predicted molar refractivity (Wildman–Crippen MR) is 85.2 cm³/mol. The molecule has 0 saturated carbocycles. The quantitative estimate of drug-likeness (QED) is 0.750. The number of benzene rings is 1. The molecule has 2 amide bonds. The molecule has 1 heterocycles. The number of furan rings is 1. The molecule has 3 N–H and O–H groups in total. The maximum atomic E-state index is 11.8. The van der Waals surface area contributed by atoms with E-state index in [0.29, 0.717) is 21.9 Å². The highest BCUT2D eigenvalue weighted by molar-refractivity contribution is 6.31. The zero-order chi connectivity index (χ0) is 16.8. The Hall–Kier alpha value is -2.31. The number of nitrogens with one attached hydrogen (secondary N) is 2. The van der Waals surface area contributed by atoms with Crippen molar-refractivity contribution in [1.29, 1.82) is 0 Å².